The number of nitro benzene ring substituents is 1. The molecule has 0 bridgehead atoms. The number of carbonyl (C=O) groups is 1. The van der Waals surface area contributed by atoms with Crippen LogP contribution < -0.4 is 14.2 Å². The van der Waals surface area contributed by atoms with Crippen LogP contribution in [0.15, 0.2) is 88.6 Å². The Morgan fingerprint density at radius 1 is 1.10 bits per heavy atom. The van der Waals surface area contributed by atoms with Gasteiger partial charge in [-0.2, -0.15) is 13.7 Å². The summed E-state index contributed by atoms with van der Waals surface area (Å²) >= 11 is 1.21. The molecule has 0 aliphatic carbocycles. The average Bonchev–Trinajstić information content (AvgIpc) is 3.41. The molecule has 0 atom stereocenters. The number of thiazole rings is 1. The SMILES string of the molecule is COc1cc(/C=C(/C#N)C(=O)Nc2nc(-c3ccccc3)cs2)ccc1OS(=O)(=O)c1ccccc1[N+](=O)[O-]. The first-order valence-electron chi connectivity index (χ1n) is 11.0. The van der Waals surface area contributed by atoms with E-state index in [-0.39, 0.29) is 17.1 Å². The summed E-state index contributed by atoms with van der Waals surface area (Å²) in [7, 11) is -3.33. The number of para-hydroxylation sites is 1. The third kappa shape index (κ3) is 6.27. The minimum absolute atomic E-state index is 0.0453. The lowest BCUT2D eigenvalue weighted by atomic mass is 10.1. The molecule has 0 aliphatic heterocycles. The van der Waals surface area contributed by atoms with Crippen LogP contribution in [0.25, 0.3) is 17.3 Å². The molecular weight excluding hydrogens is 544 g/mol. The van der Waals surface area contributed by atoms with Crippen LogP contribution in [0.1, 0.15) is 5.56 Å². The minimum Gasteiger partial charge on any atom is -0.493 e. The van der Waals surface area contributed by atoms with Crippen LogP contribution in [-0.4, -0.2) is 31.3 Å². The highest BCUT2D eigenvalue weighted by atomic mass is 32.2. The lowest BCUT2D eigenvalue weighted by Gasteiger charge is -2.11. The molecule has 0 saturated heterocycles. The minimum atomic E-state index is -4.59. The molecule has 0 saturated carbocycles. The lowest BCUT2D eigenvalue weighted by molar-refractivity contribution is -0.387. The highest BCUT2D eigenvalue weighted by Gasteiger charge is 2.28. The molecule has 11 nitrogen and oxygen atoms in total. The molecule has 39 heavy (non-hydrogen) atoms. The van der Waals surface area contributed by atoms with E-state index >= 15 is 0 Å². The molecule has 1 N–H and O–H groups in total. The van der Waals surface area contributed by atoms with E-state index in [2.05, 4.69) is 10.3 Å². The van der Waals surface area contributed by atoms with Gasteiger partial charge in [-0.25, -0.2) is 4.98 Å². The average molecular weight is 563 g/mol. The van der Waals surface area contributed by atoms with E-state index in [1.54, 1.807) is 5.38 Å². The first-order chi connectivity index (χ1) is 18.7. The van der Waals surface area contributed by atoms with Crippen LogP contribution in [0, 0.1) is 21.4 Å². The predicted octanol–water partition coefficient (Wildman–Crippen LogP) is 5.04. The van der Waals surface area contributed by atoms with Crippen molar-refractivity contribution in [1.82, 2.24) is 4.98 Å². The largest absolute Gasteiger partial charge is 0.493 e. The second-order valence-electron chi connectivity index (χ2n) is 7.70. The monoisotopic (exact) mass is 562 g/mol. The number of hydrogen-bond donors (Lipinski definition) is 1. The van der Waals surface area contributed by atoms with Crippen LogP contribution in [0.2, 0.25) is 0 Å². The summed E-state index contributed by atoms with van der Waals surface area (Å²) in [5.74, 6) is -0.979. The molecule has 3 aromatic carbocycles. The van der Waals surface area contributed by atoms with Gasteiger partial charge in [-0.15, -0.1) is 11.3 Å². The Kier molecular flexibility index (Phi) is 7.99. The number of nitro groups is 1. The zero-order valence-corrected chi connectivity index (χ0v) is 21.7. The fraction of sp³-hybridized carbons (Fsp3) is 0.0385. The Labute approximate surface area is 226 Å². The topological polar surface area (TPSA) is 162 Å². The van der Waals surface area contributed by atoms with Crippen molar-refractivity contribution in [3.63, 3.8) is 0 Å². The smallest absolute Gasteiger partial charge is 0.346 e. The van der Waals surface area contributed by atoms with Crippen molar-refractivity contribution in [1.29, 1.82) is 5.26 Å². The maximum Gasteiger partial charge on any atom is 0.346 e. The summed E-state index contributed by atoms with van der Waals surface area (Å²) in [6.07, 6.45) is 1.28. The number of methoxy groups -OCH3 is 1. The Bertz CT molecular complexity index is 1730. The van der Waals surface area contributed by atoms with E-state index in [1.807, 2.05) is 36.4 Å². The fourth-order valence-electron chi connectivity index (χ4n) is 3.38. The second-order valence-corrected chi connectivity index (χ2v) is 10.1. The summed E-state index contributed by atoms with van der Waals surface area (Å²) in [6, 6.07) is 20.0. The zero-order valence-electron chi connectivity index (χ0n) is 20.1. The van der Waals surface area contributed by atoms with Gasteiger partial charge in [-0.1, -0.05) is 48.5 Å². The number of ether oxygens (including phenoxy) is 1. The molecule has 0 radical (unpaired) electrons. The van der Waals surface area contributed by atoms with Crippen molar-refractivity contribution in [2.45, 2.75) is 4.90 Å². The van der Waals surface area contributed by atoms with Crippen molar-refractivity contribution in [3.05, 3.63) is 99.4 Å². The van der Waals surface area contributed by atoms with E-state index in [0.29, 0.717) is 16.4 Å². The van der Waals surface area contributed by atoms with Crippen molar-refractivity contribution >= 4 is 44.3 Å². The van der Waals surface area contributed by atoms with E-state index in [9.17, 15) is 28.6 Å². The lowest BCUT2D eigenvalue weighted by Crippen LogP contribution is -2.13. The second kappa shape index (κ2) is 11.5. The predicted molar refractivity (Wildman–Crippen MR) is 144 cm³/mol. The summed E-state index contributed by atoms with van der Waals surface area (Å²) in [5.41, 5.74) is 1.00. The van der Waals surface area contributed by atoms with E-state index in [1.165, 1.54) is 54.9 Å². The fourth-order valence-corrected chi connectivity index (χ4v) is 5.20. The van der Waals surface area contributed by atoms with Gasteiger partial charge in [0.15, 0.2) is 21.5 Å². The third-order valence-electron chi connectivity index (χ3n) is 5.19. The number of nitriles is 1. The van der Waals surface area contributed by atoms with Crippen LogP contribution in [-0.2, 0) is 14.9 Å². The van der Waals surface area contributed by atoms with Crippen LogP contribution >= 0.6 is 11.3 Å². The molecule has 0 unspecified atom stereocenters. The Morgan fingerprint density at radius 3 is 2.51 bits per heavy atom. The Balaban J connectivity index is 1.55. The third-order valence-corrected chi connectivity index (χ3v) is 7.23. The van der Waals surface area contributed by atoms with E-state index in [0.717, 1.165) is 17.7 Å². The zero-order chi connectivity index (χ0) is 28.0. The van der Waals surface area contributed by atoms with Crippen LogP contribution in [0.4, 0.5) is 10.8 Å². The van der Waals surface area contributed by atoms with Gasteiger partial charge in [-0.05, 0) is 29.8 Å². The van der Waals surface area contributed by atoms with Gasteiger partial charge in [0.2, 0.25) is 0 Å². The molecular formula is C26H18N4O7S2. The van der Waals surface area contributed by atoms with Crippen LogP contribution in [0.5, 0.6) is 11.5 Å². The number of nitrogens with zero attached hydrogens (tertiary/aromatic N) is 3. The maximum absolute atomic E-state index is 12.8. The molecule has 0 spiro atoms. The van der Waals surface area contributed by atoms with Crippen molar-refractivity contribution in [3.8, 4) is 28.8 Å². The van der Waals surface area contributed by atoms with Crippen molar-refractivity contribution in [2.75, 3.05) is 12.4 Å². The van der Waals surface area contributed by atoms with Crippen molar-refractivity contribution < 1.29 is 27.1 Å². The van der Waals surface area contributed by atoms with Gasteiger partial charge < -0.3 is 8.92 Å². The highest BCUT2D eigenvalue weighted by Crippen LogP contribution is 2.33. The van der Waals surface area contributed by atoms with E-state index < -0.39 is 31.5 Å². The summed E-state index contributed by atoms with van der Waals surface area (Å²) in [6.45, 7) is 0. The first-order valence-corrected chi connectivity index (χ1v) is 13.3. The molecule has 196 valence electrons. The summed E-state index contributed by atoms with van der Waals surface area (Å²) < 4.78 is 35.9. The van der Waals surface area contributed by atoms with Crippen LogP contribution in [0.3, 0.4) is 0 Å². The molecule has 1 amide bonds. The number of hydrogen-bond acceptors (Lipinski definition) is 10. The first kappa shape index (κ1) is 27.0. The number of benzene rings is 3. The molecule has 13 heteroatoms. The van der Waals surface area contributed by atoms with Gasteiger partial charge in [-0.3, -0.25) is 20.2 Å². The van der Waals surface area contributed by atoms with E-state index in [4.69, 9.17) is 8.92 Å². The number of nitrogens with one attached hydrogen (secondary N) is 1. The van der Waals surface area contributed by atoms with Gasteiger partial charge in [0.05, 0.1) is 17.7 Å². The maximum atomic E-state index is 12.8. The van der Waals surface area contributed by atoms with Crippen molar-refractivity contribution in [2.24, 2.45) is 0 Å². The van der Waals surface area contributed by atoms with Gasteiger partial charge >= 0.3 is 10.1 Å². The number of carbonyl (C=O) groups excluding carboxylic acids is 1. The molecule has 1 aromatic heterocycles. The standard InChI is InChI=1S/C26H18N4O7S2/c1-36-23-14-17(11-12-22(23)37-39(34,35)24-10-6-5-9-21(24)30(32)33)13-19(15-27)25(31)29-26-28-20(16-38-26)18-7-3-2-4-8-18/h2-14,16H,1H3,(H,28,29,31)/b19-13-. The molecule has 4 rings (SSSR count). The number of aromatic nitrogens is 1. The Hall–Kier alpha value is -5.06. The number of rotatable bonds is 9. The molecule has 4 aromatic rings. The Morgan fingerprint density at radius 2 is 1.82 bits per heavy atom. The van der Waals surface area contributed by atoms with Gasteiger partial charge in [0.25, 0.3) is 11.6 Å². The van der Waals surface area contributed by atoms with Gasteiger partial charge in [0.1, 0.15) is 11.6 Å². The molecule has 0 fully saturated rings. The number of anilines is 1. The molecule has 1 heterocycles. The highest BCUT2D eigenvalue weighted by molar-refractivity contribution is 7.87. The number of amides is 1. The quantitative estimate of drug-likeness (QED) is 0.0968. The van der Waals surface area contributed by atoms with Gasteiger partial charge in [0, 0.05) is 17.0 Å². The summed E-state index contributed by atoms with van der Waals surface area (Å²) in [4.78, 5) is 26.9. The summed E-state index contributed by atoms with van der Waals surface area (Å²) in [5, 5.41) is 25.5. The normalized spacial score (nSPS) is 11.3. The molecule has 0 aliphatic rings.